The van der Waals surface area contributed by atoms with Crippen LogP contribution in [0.25, 0.3) is 0 Å². The molecule has 0 saturated carbocycles. The molecular formula is C17H15Cl2NO. The Morgan fingerprint density at radius 3 is 2.43 bits per heavy atom. The van der Waals surface area contributed by atoms with Crippen molar-refractivity contribution in [3.8, 4) is 17.6 Å². The number of hydrogen-bond donors (Lipinski definition) is 0. The lowest BCUT2D eigenvalue weighted by Gasteiger charge is -2.15. The predicted molar refractivity (Wildman–Crippen MR) is 86.5 cm³/mol. The van der Waals surface area contributed by atoms with Gasteiger partial charge in [0.1, 0.15) is 23.1 Å². The van der Waals surface area contributed by atoms with Crippen LogP contribution in [-0.2, 0) is 0 Å². The van der Waals surface area contributed by atoms with Crippen LogP contribution in [0.5, 0.6) is 11.5 Å². The molecule has 0 aliphatic heterocycles. The van der Waals surface area contributed by atoms with E-state index in [0.717, 1.165) is 16.1 Å². The average Bonchev–Trinajstić information content (AvgIpc) is 2.41. The van der Waals surface area contributed by atoms with Gasteiger partial charge in [0.15, 0.2) is 0 Å². The number of hydrogen-bond acceptors (Lipinski definition) is 2. The van der Waals surface area contributed by atoms with Crippen molar-refractivity contribution in [2.75, 3.05) is 0 Å². The van der Waals surface area contributed by atoms with E-state index in [2.05, 4.69) is 19.9 Å². The first-order valence-corrected chi connectivity index (χ1v) is 7.36. The van der Waals surface area contributed by atoms with Crippen LogP contribution in [-0.4, -0.2) is 0 Å². The summed E-state index contributed by atoms with van der Waals surface area (Å²) < 4.78 is 5.89. The normalized spacial score (nSPS) is 10.5. The fourth-order valence-electron chi connectivity index (χ4n) is 2.04. The number of halogens is 2. The van der Waals surface area contributed by atoms with Gasteiger partial charge in [-0.3, -0.25) is 0 Å². The van der Waals surface area contributed by atoms with Gasteiger partial charge in [0.25, 0.3) is 0 Å². The van der Waals surface area contributed by atoms with E-state index in [9.17, 15) is 5.26 Å². The summed E-state index contributed by atoms with van der Waals surface area (Å²) in [7, 11) is 0. The maximum absolute atomic E-state index is 9.20. The summed E-state index contributed by atoms with van der Waals surface area (Å²) in [6.45, 7) is 6.06. The second-order valence-corrected chi connectivity index (χ2v) is 5.94. The molecular weight excluding hydrogens is 305 g/mol. The highest BCUT2D eigenvalue weighted by Gasteiger charge is 2.13. The zero-order valence-corrected chi connectivity index (χ0v) is 13.6. The summed E-state index contributed by atoms with van der Waals surface area (Å²) in [6, 6.07) is 11.0. The standard InChI is InChI=1S/C17H15Cl2NO/c1-10(2)12-8-17(11(3)7-15(12)19)21-16-6-4-5-14(18)13(16)9-20/h4-8,10H,1-3H3. The van der Waals surface area contributed by atoms with Crippen molar-refractivity contribution in [2.24, 2.45) is 0 Å². The van der Waals surface area contributed by atoms with Crippen LogP contribution in [0.4, 0.5) is 0 Å². The molecule has 108 valence electrons. The molecule has 2 aromatic rings. The Morgan fingerprint density at radius 2 is 1.81 bits per heavy atom. The Hall–Kier alpha value is -1.69. The first kappa shape index (κ1) is 15.7. The van der Waals surface area contributed by atoms with Crippen LogP contribution in [0.2, 0.25) is 10.0 Å². The molecule has 0 heterocycles. The van der Waals surface area contributed by atoms with E-state index in [4.69, 9.17) is 27.9 Å². The number of rotatable bonds is 3. The van der Waals surface area contributed by atoms with E-state index in [1.54, 1.807) is 18.2 Å². The molecule has 0 atom stereocenters. The monoisotopic (exact) mass is 319 g/mol. The maximum atomic E-state index is 9.20. The summed E-state index contributed by atoms with van der Waals surface area (Å²) in [5, 5.41) is 10.3. The zero-order chi connectivity index (χ0) is 15.6. The fraction of sp³-hybridized carbons (Fsp3) is 0.235. The zero-order valence-electron chi connectivity index (χ0n) is 12.1. The third kappa shape index (κ3) is 3.32. The third-order valence-corrected chi connectivity index (χ3v) is 3.87. The smallest absolute Gasteiger partial charge is 0.146 e. The van der Waals surface area contributed by atoms with E-state index in [0.29, 0.717) is 22.1 Å². The van der Waals surface area contributed by atoms with E-state index in [1.165, 1.54) is 0 Å². The van der Waals surface area contributed by atoms with E-state index in [-0.39, 0.29) is 5.92 Å². The van der Waals surface area contributed by atoms with Crippen molar-refractivity contribution in [1.29, 1.82) is 5.26 Å². The number of aryl methyl sites for hydroxylation is 1. The molecule has 0 aliphatic rings. The van der Waals surface area contributed by atoms with Crippen LogP contribution in [0.15, 0.2) is 30.3 Å². The molecule has 0 aromatic heterocycles. The molecule has 0 aliphatic carbocycles. The Morgan fingerprint density at radius 1 is 1.10 bits per heavy atom. The van der Waals surface area contributed by atoms with Gasteiger partial charge in [-0.25, -0.2) is 0 Å². The average molecular weight is 320 g/mol. The van der Waals surface area contributed by atoms with Gasteiger partial charge in [-0.05, 0) is 48.2 Å². The van der Waals surface area contributed by atoms with Crippen molar-refractivity contribution in [2.45, 2.75) is 26.7 Å². The highest BCUT2D eigenvalue weighted by Crippen LogP contribution is 2.36. The minimum absolute atomic E-state index is 0.287. The van der Waals surface area contributed by atoms with Crippen LogP contribution in [0.3, 0.4) is 0 Å². The lowest BCUT2D eigenvalue weighted by Crippen LogP contribution is -1.95. The molecule has 0 spiro atoms. The van der Waals surface area contributed by atoms with Gasteiger partial charge < -0.3 is 4.74 Å². The molecule has 4 heteroatoms. The molecule has 0 saturated heterocycles. The topological polar surface area (TPSA) is 33.0 Å². The first-order valence-electron chi connectivity index (χ1n) is 6.60. The van der Waals surface area contributed by atoms with E-state index >= 15 is 0 Å². The summed E-state index contributed by atoms with van der Waals surface area (Å²) >= 11 is 12.3. The molecule has 2 rings (SSSR count). The number of ether oxygens (including phenoxy) is 1. The van der Waals surface area contributed by atoms with Crippen molar-refractivity contribution >= 4 is 23.2 Å². The molecule has 21 heavy (non-hydrogen) atoms. The largest absolute Gasteiger partial charge is 0.456 e. The van der Waals surface area contributed by atoms with Gasteiger partial charge >= 0.3 is 0 Å². The van der Waals surface area contributed by atoms with Crippen molar-refractivity contribution in [1.82, 2.24) is 0 Å². The predicted octanol–water partition coefficient (Wildman–Crippen LogP) is 6.09. The number of nitrogens with zero attached hydrogens (tertiary/aromatic N) is 1. The van der Waals surface area contributed by atoms with Gasteiger partial charge in [-0.15, -0.1) is 0 Å². The minimum atomic E-state index is 0.287. The molecule has 0 unspecified atom stereocenters. The third-order valence-electron chi connectivity index (χ3n) is 3.22. The SMILES string of the molecule is Cc1cc(Cl)c(C(C)C)cc1Oc1cccc(Cl)c1C#N. The molecule has 2 aromatic carbocycles. The van der Waals surface area contributed by atoms with Crippen molar-refractivity contribution < 1.29 is 4.74 Å². The quantitative estimate of drug-likeness (QED) is 0.685. The van der Waals surface area contributed by atoms with E-state index in [1.807, 2.05) is 19.1 Å². The lowest BCUT2D eigenvalue weighted by atomic mass is 10.0. The van der Waals surface area contributed by atoms with Crippen molar-refractivity contribution in [3.63, 3.8) is 0 Å². The molecule has 0 radical (unpaired) electrons. The van der Waals surface area contributed by atoms with Crippen molar-refractivity contribution in [3.05, 3.63) is 57.1 Å². The van der Waals surface area contributed by atoms with E-state index < -0.39 is 0 Å². The molecule has 2 nitrogen and oxygen atoms in total. The molecule has 0 amide bonds. The fourth-order valence-corrected chi connectivity index (χ4v) is 2.68. The molecule has 0 N–H and O–H groups in total. The molecule has 0 fully saturated rings. The maximum Gasteiger partial charge on any atom is 0.146 e. The van der Waals surface area contributed by atoms with Gasteiger partial charge in [0.05, 0.1) is 5.02 Å². The number of benzene rings is 2. The van der Waals surface area contributed by atoms with Crippen LogP contribution >= 0.6 is 23.2 Å². The second kappa shape index (κ2) is 6.39. The van der Waals surface area contributed by atoms with Crippen LogP contribution in [0.1, 0.15) is 36.5 Å². The van der Waals surface area contributed by atoms with Gasteiger partial charge in [-0.2, -0.15) is 5.26 Å². The summed E-state index contributed by atoms with van der Waals surface area (Å²) in [6.07, 6.45) is 0. The highest BCUT2D eigenvalue weighted by molar-refractivity contribution is 6.32. The number of nitriles is 1. The van der Waals surface area contributed by atoms with Gasteiger partial charge in [0, 0.05) is 5.02 Å². The lowest BCUT2D eigenvalue weighted by molar-refractivity contribution is 0.476. The van der Waals surface area contributed by atoms with Gasteiger partial charge in [-0.1, -0.05) is 43.1 Å². The van der Waals surface area contributed by atoms with Crippen LogP contribution < -0.4 is 4.74 Å². The van der Waals surface area contributed by atoms with Gasteiger partial charge in [0.2, 0.25) is 0 Å². The second-order valence-electron chi connectivity index (χ2n) is 5.12. The van der Waals surface area contributed by atoms with Crippen LogP contribution in [0, 0.1) is 18.3 Å². The Bertz CT molecular complexity index is 717. The Balaban J connectivity index is 2.48. The first-order chi connectivity index (χ1) is 9.93. The molecule has 0 bridgehead atoms. The summed E-state index contributed by atoms with van der Waals surface area (Å²) in [4.78, 5) is 0. The Labute approximate surface area is 134 Å². The highest BCUT2D eigenvalue weighted by atomic mass is 35.5. The summed E-state index contributed by atoms with van der Waals surface area (Å²) in [5.41, 5.74) is 2.26. The summed E-state index contributed by atoms with van der Waals surface area (Å²) in [5.74, 6) is 1.42. The Kier molecular flexibility index (Phi) is 4.77. The minimum Gasteiger partial charge on any atom is -0.456 e.